The van der Waals surface area contributed by atoms with E-state index in [1.54, 1.807) is 27.7 Å². The van der Waals surface area contributed by atoms with E-state index in [4.69, 9.17) is 5.11 Å². The number of aliphatic carboxylic acids is 1. The Kier molecular flexibility index (Phi) is 8.77. The first kappa shape index (κ1) is 21.3. The molecule has 0 rings (SSSR count). The highest BCUT2D eigenvalue weighted by molar-refractivity contribution is 7.89. The average Bonchev–Trinajstić information content (AvgIpc) is 2.39. The molecule has 10 heteroatoms. The fourth-order valence-electron chi connectivity index (χ4n) is 1.61. The minimum Gasteiger partial charge on any atom is -0.480 e. The summed E-state index contributed by atoms with van der Waals surface area (Å²) in [5.74, 6) is -3.19. The number of carboxylic acids is 1. The fraction of sp³-hybridized carbons (Fsp3) is 0.769. The largest absolute Gasteiger partial charge is 0.480 e. The molecule has 0 aliphatic heterocycles. The van der Waals surface area contributed by atoms with Crippen LogP contribution in [0, 0.1) is 5.92 Å². The average molecular weight is 351 g/mol. The van der Waals surface area contributed by atoms with Crippen molar-refractivity contribution >= 4 is 27.8 Å². The molecule has 0 aromatic rings. The van der Waals surface area contributed by atoms with E-state index in [0.717, 1.165) is 0 Å². The quantitative estimate of drug-likeness (QED) is 0.400. The van der Waals surface area contributed by atoms with Crippen LogP contribution in [0.15, 0.2) is 0 Å². The van der Waals surface area contributed by atoms with Crippen molar-refractivity contribution in [1.82, 2.24) is 15.4 Å². The van der Waals surface area contributed by atoms with Crippen LogP contribution in [0.25, 0.3) is 0 Å². The highest BCUT2D eigenvalue weighted by Crippen LogP contribution is 2.02. The predicted molar refractivity (Wildman–Crippen MR) is 84.1 cm³/mol. The van der Waals surface area contributed by atoms with Gasteiger partial charge in [0.2, 0.25) is 21.8 Å². The minimum atomic E-state index is -3.80. The van der Waals surface area contributed by atoms with Gasteiger partial charge < -0.3 is 15.7 Å². The summed E-state index contributed by atoms with van der Waals surface area (Å²) in [6.45, 7) is 6.33. The fourth-order valence-corrected chi connectivity index (χ4v) is 2.56. The second-order valence-electron chi connectivity index (χ2n) is 5.74. The van der Waals surface area contributed by atoms with E-state index in [1.807, 2.05) is 0 Å². The number of carbonyl (C=O) groups is 3. The van der Waals surface area contributed by atoms with Gasteiger partial charge in [-0.3, -0.25) is 9.59 Å². The van der Waals surface area contributed by atoms with E-state index in [1.165, 1.54) is 0 Å². The molecule has 0 spiro atoms. The number of carbonyl (C=O) groups excluding carboxylic acids is 2. The summed E-state index contributed by atoms with van der Waals surface area (Å²) >= 11 is 0. The van der Waals surface area contributed by atoms with Crippen molar-refractivity contribution in [3.8, 4) is 0 Å². The van der Waals surface area contributed by atoms with Gasteiger partial charge in [0, 0.05) is 12.5 Å². The maximum absolute atomic E-state index is 11.7. The molecule has 0 aliphatic rings. The first-order valence-electron chi connectivity index (χ1n) is 7.23. The summed E-state index contributed by atoms with van der Waals surface area (Å²) in [6.07, 6.45) is -0.391. The van der Waals surface area contributed by atoms with E-state index >= 15 is 0 Å². The van der Waals surface area contributed by atoms with Gasteiger partial charge in [-0.15, -0.1) is 0 Å². The van der Waals surface area contributed by atoms with Crippen molar-refractivity contribution in [1.29, 1.82) is 0 Å². The Balaban J connectivity index is 4.35. The summed E-state index contributed by atoms with van der Waals surface area (Å²) in [6, 6.07) is -1.18. The molecule has 1 atom stereocenters. The molecule has 9 nitrogen and oxygen atoms in total. The zero-order valence-corrected chi connectivity index (χ0v) is 14.6. The molecule has 0 unspecified atom stereocenters. The highest BCUT2D eigenvalue weighted by atomic mass is 32.2. The summed E-state index contributed by atoms with van der Waals surface area (Å²) in [5, 5.41) is 13.7. The van der Waals surface area contributed by atoms with E-state index in [9.17, 15) is 22.8 Å². The third-order valence-electron chi connectivity index (χ3n) is 2.75. The van der Waals surface area contributed by atoms with Crippen LogP contribution in [0.5, 0.6) is 0 Å². The molecule has 0 aromatic carbocycles. The lowest BCUT2D eigenvalue weighted by molar-refractivity contribution is -0.143. The van der Waals surface area contributed by atoms with Crippen molar-refractivity contribution in [3.63, 3.8) is 0 Å². The Bertz CT molecular complexity index is 530. The molecule has 0 heterocycles. The number of hydrogen-bond donors (Lipinski definition) is 4. The van der Waals surface area contributed by atoms with Crippen molar-refractivity contribution in [2.24, 2.45) is 5.92 Å². The van der Waals surface area contributed by atoms with E-state index < -0.39 is 52.6 Å². The van der Waals surface area contributed by atoms with Crippen LogP contribution in [0.4, 0.5) is 0 Å². The molecule has 23 heavy (non-hydrogen) atoms. The monoisotopic (exact) mass is 351 g/mol. The van der Waals surface area contributed by atoms with Gasteiger partial charge in [-0.1, -0.05) is 13.8 Å². The van der Waals surface area contributed by atoms with Crippen LogP contribution in [0.1, 0.15) is 34.1 Å². The second kappa shape index (κ2) is 9.46. The van der Waals surface area contributed by atoms with Crippen LogP contribution in [-0.2, 0) is 24.4 Å². The Hall–Kier alpha value is -1.68. The number of rotatable bonds is 10. The molecule has 2 amide bonds. The molecule has 0 fully saturated rings. The first-order valence-corrected chi connectivity index (χ1v) is 8.88. The van der Waals surface area contributed by atoms with Gasteiger partial charge in [0.05, 0.1) is 12.3 Å². The maximum atomic E-state index is 11.7. The smallest absolute Gasteiger partial charge is 0.326 e. The number of nitrogens with one attached hydrogen (secondary N) is 3. The topological polar surface area (TPSA) is 142 Å². The van der Waals surface area contributed by atoms with Gasteiger partial charge in [-0.25, -0.2) is 17.9 Å². The van der Waals surface area contributed by atoms with Gasteiger partial charge in [0.1, 0.15) is 6.04 Å². The lowest BCUT2D eigenvalue weighted by Crippen LogP contribution is -2.45. The zero-order chi connectivity index (χ0) is 18.2. The standard InChI is InChI=1S/C13H25N3O6S/c1-8(2)12(13(19)20)16-10(17)5-6-23(21,22)14-7-11(18)15-9(3)4/h8-9,12,14H,5-7H2,1-4H3,(H,15,18)(H,16,17)(H,19,20)/t12-/m0/s1. The summed E-state index contributed by atoms with van der Waals surface area (Å²) < 4.78 is 25.5. The van der Waals surface area contributed by atoms with E-state index in [0.29, 0.717) is 0 Å². The third kappa shape index (κ3) is 9.84. The van der Waals surface area contributed by atoms with Crippen LogP contribution < -0.4 is 15.4 Å². The molecular formula is C13H25N3O6S. The molecule has 0 saturated carbocycles. The van der Waals surface area contributed by atoms with E-state index in [2.05, 4.69) is 15.4 Å². The molecule has 4 N–H and O–H groups in total. The SMILES string of the molecule is CC(C)NC(=O)CNS(=O)(=O)CCC(=O)N[C@H](C(=O)O)C(C)C. The lowest BCUT2D eigenvalue weighted by Gasteiger charge is -2.17. The molecular weight excluding hydrogens is 326 g/mol. The van der Waals surface area contributed by atoms with Crippen LogP contribution in [0.2, 0.25) is 0 Å². The Morgan fingerprint density at radius 1 is 1.00 bits per heavy atom. The van der Waals surface area contributed by atoms with E-state index in [-0.39, 0.29) is 12.0 Å². The maximum Gasteiger partial charge on any atom is 0.326 e. The number of carboxylic acid groups (broad SMARTS) is 1. The van der Waals surface area contributed by atoms with Crippen molar-refractivity contribution in [2.45, 2.75) is 46.2 Å². The first-order chi connectivity index (χ1) is 10.4. The predicted octanol–water partition coefficient (Wildman–Crippen LogP) is -0.954. The van der Waals surface area contributed by atoms with Gasteiger partial charge in [-0.05, 0) is 19.8 Å². The van der Waals surface area contributed by atoms with Gasteiger partial charge in [0.25, 0.3) is 0 Å². The molecule has 0 aliphatic carbocycles. The molecule has 0 saturated heterocycles. The highest BCUT2D eigenvalue weighted by Gasteiger charge is 2.24. The van der Waals surface area contributed by atoms with Crippen LogP contribution in [0.3, 0.4) is 0 Å². The number of sulfonamides is 1. The normalized spacial score (nSPS) is 13.0. The van der Waals surface area contributed by atoms with Crippen molar-refractivity contribution in [3.05, 3.63) is 0 Å². The Morgan fingerprint density at radius 2 is 1.57 bits per heavy atom. The molecule has 0 radical (unpaired) electrons. The number of hydrogen-bond acceptors (Lipinski definition) is 5. The molecule has 134 valence electrons. The van der Waals surface area contributed by atoms with Crippen LogP contribution in [-0.4, -0.2) is 55.7 Å². The Morgan fingerprint density at radius 3 is 2.00 bits per heavy atom. The third-order valence-corrected chi connectivity index (χ3v) is 4.08. The van der Waals surface area contributed by atoms with Gasteiger partial charge >= 0.3 is 5.97 Å². The van der Waals surface area contributed by atoms with Gasteiger partial charge in [-0.2, -0.15) is 0 Å². The minimum absolute atomic E-state index is 0.109. The number of amides is 2. The molecule has 0 aromatic heterocycles. The summed E-state index contributed by atoms with van der Waals surface area (Å²) in [4.78, 5) is 34.0. The van der Waals surface area contributed by atoms with Crippen molar-refractivity contribution in [2.75, 3.05) is 12.3 Å². The van der Waals surface area contributed by atoms with Crippen LogP contribution >= 0.6 is 0 Å². The Labute approximate surface area is 136 Å². The second-order valence-corrected chi connectivity index (χ2v) is 7.67. The van der Waals surface area contributed by atoms with Crippen molar-refractivity contribution < 1.29 is 27.9 Å². The zero-order valence-electron chi connectivity index (χ0n) is 13.8. The lowest BCUT2D eigenvalue weighted by atomic mass is 10.0. The summed E-state index contributed by atoms with van der Waals surface area (Å²) in [7, 11) is -3.80. The summed E-state index contributed by atoms with van der Waals surface area (Å²) in [5.41, 5.74) is 0. The molecule has 0 bridgehead atoms. The van der Waals surface area contributed by atoms with Gasteiger partial charge in [0.15, 0.2) is 0 Å².